The smallest absolute Gasteiger partial charge is 0.281 e. The molecule has 1 atom stereocenters. The van der Waals surface area contributed by atoms with Gasteiger partial charge in [-0.15, -0.1) is 11.8 Å². The third-order valence-electron chi connectivity index (χ3n) is 4.81. The summed E-state index contributed by atoms with van der Waals surface area (Å²) in [7, 11) is 0. The first-order valence-corrected chi connectivity index (χ1v) is 10.5. The van der Waals surface area contributed by atoms with Crippen molar-refractivity contribution >= 4 is 17.8 Å². The fraction of sp³-hybridized carbons (Fsp3) is 0.217. The van der Waals surface area contributed by atoms with Gasteiger partial charge in [-0.2, -0.15) is 5.10 Å². The Labute approximate surface area is 169 Å². The molecule has 0 amide bonds. The van der Waals surface area contributed by atoms with Crippen molar-refractivity contribution in [3.63, 3.8) is 0 Å². The lowest BCUT2D eigenvalue weighted by Crippen LogP contribution is -2.28. The summed E-state index contributed by atoms with van der Waals surface area (Å²) in [5.41, 5.74) is 3.39. The topological polar surface area (TPSA) is 46.9 Å². The Kier molecular flexibility index (Phi) is 6.04. The molecule has 0 radical (unpaired) electrons. The molecule has 142 valence electrons. The van der Waals surface area contributed by atoms with Crippen LogP contribution in [0.25, 0.3) is 6.08 Å². The maximum Gasteiger partial charge on any atom is 0.281 e. The largest absolute Gasteiger partial charge is 0.309 e. The van der Waals surface area contributed by atoms with Crippen molar-refractivity contribution in [3.05, 3.63) is 100.0 Å². The van der Waals surface area contributed by atoms with Crippen LogP contribution >= 0.6 is 11.8 Å². The second kappa shape index (κ2) is 9.04. The van der Waals surface area contributed by atoms with E-state index in [4.69, 9.17) is 0 Å². The summed E-state index contributed by atoms with van der Waals surface area (Å²) in [6.07, 6.45) is 6.73. The zero-order valence-corrected chi connectivity index (χ0v) is 16.4. The molecule has 2 aromatic carbocycles. The lowest BCUT2D eigenvalue weighted by molar-refractivity contribution is 0.532. The minimum atomic E-state index is 0.00183. The van der Waals surface area contributed by atoms with E-state index in [1.165, 1.54) is 5.56 Å². The SMILES string of the molecule is O=c1c2c(cnn1CC=Cc1ccccc1)C(Cc1ccccc1)NCCS2. The van der Waals surface area contributed by atoms with Crippen molar-refractivity contribution in [2.45, 2.75) is 23.9 Å². The number of thioether (sulfide) groups is 1. The van der Waals surface area contributed by atoms with Gasteiger partial charge in [0.15, 0.2) is 0 Å². The first-order valence-electron chi connectivity index (χ1n) is 9.53. The van der Waals surface area contributed by atoms with Crippen LogP contribution in [0.2, 0.25) is 0 Å². The van der Waals surface area contributed by atoms with Gasteiger partial charge >= 0.3 is 0 Å². The Balaban J connectivity index is 1.57. The van der Waals surface area contributed by atoms with Crippen molar-refractivity contribution in [3.8, 4) is 0 Å². The Morgan fingerprint density at radius 3 is 2.64 bits per heavy atom. The van der Waals surface area contributed by atoms with E-state index < -0.39 is 0 Å². The summed E-state index contributed by atoms with van der Waals surface area (Å²) in [4.78, 5) is 13.9. The van der Waals surface area contributed by atoms with Crippen LogP contribution in [0.1, 0.15) is 22.7 Å². The van der Waals surface area contributed by atoms with Crippen molar-refractivity contribution in [2.75, 3.05) is 12.3 Å². The molecule has 2 heterocycles. The molecule has 0 saturated heterocycles. The fourth-order valence-electron chi connectivity index (χ4n) is 3.39. The third kappa shape index (κ3) is 4.43. The molecule has 4 nitrogen and oxygen atoms in total. The quantitative estimate of drug-likeness (QED) is 0.718. The van der Waals surface area contributed by atoms with E-state index in [0.29, 0.717) is 6.54 Å². The number of nitrogens with zero attached hydrogens (tertiary/aromatic N) is 2. The summed E-state index contributed by atoms with van der Waals surface area (Å²) in [5, 5.41) is 8.03. The van der Waals surface area contributed by atoms with Crippen LogP contribution in [0.3, 0.4) is 0 Å². The van der Waals surface area contributed by atoms with Crippen molar-refractivity contribution in [2.24, 2.45) is 0 Å². The Hall–Kier alpha value is -2.63. The molecule has 3 aromatic rings. The van der Waals surface area contributed by atoms with Gasteiger partial charge in [0.2, 0.25) is 0 Å². The van der Waals surface area contributed by atoms with Gasteiger partial charge in [0.1, 0.15) is 0 Å². The Morgan fingerprint density at radius 1 is 1.11 bits per heavy atom. The van der Waals surface area contributed by atoms with E-state index in [2.05, 4.69) is 34.7 Å². The van der Waals surface area contributed by atoms with E-state index in [1.54, 1.807) is 16.4 Å². The van der Waals surface area contributed by atoms with Crippen LogP contribution in [0, 0.1) is 0 Å². The standard InChI is InChI=1S/C23H23N3OS/c27-23-22-20(17-25-26(23)14-7-12-18-8-3-1-4-9-18)21(24-13-15-28-22)16-19-10-5-2-6-11-19/h1-12,17,21,24H,13-16H2. The highest BCUT2D eigenvalue weighted by Gasteiger charge is 2.22. The molecule has 0 spiro atoms. The van der Waals surface area contributed by atoms with Crippen molar-refractivity contribution in [1.29, 1.82) is 0 Å². The number of fused-ring (bicyclic) bond motifs is 1. The fourth-order valence-corrected chi connectivity index (χ4v) is 4.40. The molecule has 1 N–H and O–H groups in total. The van der Waals surface area contributed by atoms with Gasteiger partial charge in [-0.05, 0) is 17.5 Å². The van der Waals surface area contributed by atoms with Gasteiger partial charge < -0.3 is 5.32 Å². The first kappa shape index (κ1) is 18.7. The molecule has 28 heavy (non-hydrogen) atoms. The van der Waals surface area contributed by atoms with Crippen molar-refractivity contribution in [1.82, 2.24) is 15.1 Å². The third-order valence-corrected chi connectivity index (χ3v) is 5.92. The molecule has 5 heteroatoms. The van der Waals surface area contributed by atoms with E-state index >= 15 is 0 Å². The van der Waals surface area contributed by atoms with Gasteiger partial charge in [-0.25, -0.2) is 4.68 Å². The van der Waals surface area contributed by atoms with E-state index in [9.17, 15) is 4.79 Å². The summed E-state index contributed by atoms with van der Waals surface area (Å²) in [5.74, 6) is 0.886. The summed E-state index contributed by atoms with van der Waals surface area (Å²) in [6.45, 7) is 1.35. The van der Waals surface area contributed by atoms with Crippen LogP contribution < -0.4 is 10.9 Å². The molecule has 1 unspecified atom stereocenters. The zero-order chi connectivity index (χ0) is 19.2. The number of rotatable bonds is 5. The minimum absolute atomic E-state index is 0.00183. The Bertz CT molecular complexity index is 999. The molecule has 0 bridgehead atoms. The average Bonchev–Trinajstić information content (AvgIpc) is 2.94. The molecule has 1 aromatic heterocycles. The first-order chi connectivity index (χ1) is 13.8. The number of aromatic nitrogens is 2. The van der Waals surface area contributed by atoms with Gasteiger partial charge in [-0.1, -0.05) is 72.8 Å². The van der Waals surface area contributed by atoms with Crippen LogP contribution in [0.4, 0.5) is 0 Å². The monoisotopic (exact) mass is 389 g/mol. The number of nitrogens with one attached hydrogen (secondary N) is 1. The van der Waals surface area contributed by atoms with E-state index in [0.717, 1.165) is 34.7 Å². The zero-order valence-electron chi connectivity index (χ0n) is 15.6. The lowest BCUT2D eigenvalue weighted by atomic mass is 10.0. The highest BCUT2D eigenvalue weighted by Crippen LogP contribution is 2.28. The molecule has 1 aliphatic rings. The average molecular weight is 390 g/mol. The molecule has 1 aliphatic heterocycles. The molecule has 0 aliphatic carbocycles. The second-order valence-corrected chi connectivity index (χ2v) is 7.88. The molecular formula is C23H23N3OS. The van der Waals surface area contributed by atoms with Crippen LogP contribution in [0.5, 0.6) is 0 Å². The van der Waals surface area contributed by atoms with Crippen LogP contribution in [-0.2, 0) is 13.0 Å². The van der Waals surface area contributed by atoms with Gasteiger partial charge in [0, 0.05) is 23.9 Å². The van der Waals surface area contributed by atoms with Gasteiger partial charge in [-0.3, -0.25) is 4.79 Å². The Morgan fingerprint density at radius 2 is 1.86 bits per heavy atom. The lowest BCUT2D eigenvalue weighted by Gasteiger charge is -2.18. The van der Waals surface area contributed by atoms with Crippen LogP contribution in [-0.4, -0.2) is 22.1 Å². The normalized spacial score (nSPS) is 16.6. The van der Waals surface area contributed by atoms with E-state index in [-0.39, 0.29) is 11.6 Å². The summed E-state index contributed by atoms with van der Waals surface area (Å²) in [6, 6.07) is 20.6. The maximum atomic E-state index is 13.0. The number of benzene rings is 2. The summed E-state index contributed by atoms with van der Waals surface area (Å²) >= 11 is 1.63. The van der Waals surface area contributed by atoms with Crippen molar-refractivity contribution < 1.29 is 0 Å². The number of allylic oxidation sites excluding steroid dienone is 1. The second-order valence-electron chi connectivity index (χ2n) is 6.77. The van der Waals surface area contributed by atoms with Crippen LogP contribution in [0.15, 0.2) is 82.6 Å². The van der Waals surface area contributed by atoms with Gasteiger partial charge in [0.25, 0.3) is 5.56 Å². The molecule has 0 saturated carbocycles. The molecule has 4 rings (SSSR count). The highest BCUT2D eigenvalue weighted by molar-refractivity contribution is 7.99. The number of hydrogen-bond donors (Lipinski definition) is 1. The maximum absolute atomic E-state index is 13.0. The van der Waals surface area contributed by atoms with E-state index in [1.807, 2.05) is 54.7 Å². The summed E-state index contributed by atoms with van der Waals surface area (Å²) < 4.78 is 1.55. The molecular weight excluding hydrogens is 366 g/mol. The molecule has 0 fully saturated rings. The van der Waals surface area contributed by atoms with Gasteiger partial charge in [0.05, 0.1) is 17.6 Å². The predicted molar refractivity (Wildman–Crippen MR) is 116 cm³/mol. The minimum Gasteiger partial charge on any atom is -0.309 e. The predicted octanol–water partition coefficient (Wildman–Crippen LogP) is 3.94. The highest BCUT2D eigenvalue weighted by atomic mass is 32.2. The number of hydrogen-bond acceptors (Lipinski definition) is 4.